The highest BCUT2D eigenvalue weighted by molar-refractivity contribution is 5.91. The fraction of sp³-hybridized carbons (Fsp3) is 0.500. The minimum absolute atomic E-state index is 0.121. The van der Waals surface area contributed by atoms with Gasteiger partial charge in [0.15, 0.2) is 5.60 Å². The molecule has 0 aliphatic carbocycles. The molecule has 6 heteroatoms. The van der Waals surface area contributed by atoms with E-state index in [4.69, 9.17) is 4.84 Å². The molecule has 0 saturated carbocycles. The molecule has 2 aromatic rings. The van der Waals surface area contributed by atoms with E-state index in [1.54, 1.807) is 6.33 Å². The van der Waals surface area contributed by atoms with Gasteiger partial charge < -0.3 is 14.7 Å². The van der Waals surface area contributed by atoms with Crippen LogP contribution in [0.5, 0.6) is 0 Å². The van der Waals surface area contributed by atoms with Gasteiger partial charge in [-0.1, -0.05) is 12.1 Å². The molecule has 1 fully saturated rings. The van der Waals surface area contributed by atoms with E-state index in [1.807, 2.05) is 13.1 Å². The molecule has 0 atom stereocenters. The number of H-pyrrole nitrogens is 1. The van der Waals surface area contributed by atoms with Gasteiger partial charge in [-0.3, -0.25) is 0 Å². The van der Waals surface area contributed by atoms with Crippen molar-refractivity contribution in [3.63, 3.8) is 0 Å². The first kappa shape index (κ1) is 11.7. The summed E-state index contributed by atoms with van der Waals surface area (Å²) < 4.78 is 0. The van der Waals surface area contributed by atoms with Crippen LogP contribution < -0.4 is 4.90 Å². The normalized spacial score (nSPS) is 20.1. The highest BCUT2D eigenvalue weighted by Gasteiger charge is 2.50. The van der Waals surface area contributed by atoms with E-state index in [0.29, 0.717) is 0 Å². The smallest absolute Gasteiger partial charge is 0.177 e. The lowest BCUT2D eigenvalue weighted by Crippen LogP contribution is -2.62. The van der Waals surface area contributed by atoms with E-state index in [1.165, 1.54) is 5.56 Å². The van der Waals surface area contributed by atoms with Gasteiger partial charge in [0, 0.05) is 12.6 Å². The topological polar surface area (TPSA) is 66.4 Å². The zero-order chi connectivity index (χ0) is 13.7. The van der Waals surface area contributed by atoms with Crippen molar-refractivity contribution in [2.75, 3.05) is 18.0 Å². The van der Waals surface area contributed by atoms with Crippen molar-refractivity contribution in [3.05, 3.63) is 18.1 Å². The van der Waals surface area contributed by atoms with Crippen LogP contribution >= 0.6 is 0 Å². The first-order valence-corrected chi connectivity index (χ1v) is 6.98. The summed E-state index contributed by atoms with van der Waals surface area (Å²) in [7, 11) is 0. The Morgan fingerprint density at radius 3 is 2.95 bits per heavy atom. The van der Waals surface area contributed by atoms with E-state index in [-0.39, 0.29) is 5.60 Å². The van der Waals surface area contributed by atoms with E-state index in [9.17, 15) is 0 Å². The van der Waals surface area contributed by atoms with Crippen molar-refractivity contribution in [1.82, 2.24) is 15.0 Å². The third-order valence-electron chi connectivity index (χ3n) is 4.14. The summed E-state index contributed by atoms with van der Waals surface area (Å²) in [6.45, 7) is 5.85. The Hall–Kier alpha value is -2.11. The molecule has 104 valence electrons. The molecule has 1 saturated heterocycles. The molecule has 2 aliphatic heterocycles. The molecule has 2 aromatic heterocycles. The Kier molecular flexibility index (Phi) is 2.31. The second-order valence-corrected chi connectivity index (χ2v) is 5.72. The van der Waals surface area contributed by atoms with Crippen molar-refractivity contribution < 1.29 is 4.84 Å². The van der Waals surface area contributed by atoms with Crippen molar-refractivity contribution in [3.8, 4) is 0 Å². The number of oxime groups is 1. The molecule has 0 radical (unpaired) electrons. The zero-order valence-electron chi connectivity index (χ0n) is 11.7. The number of anilines is 1. The van der Waals surface area contributed by atoms with Gasteiger partial charge in [0.05, 0.1) is 24.2 Å². The molecule has 0 unspecified atom stereocenters. The third kappa shape index (κ3) is 1.54. The van der Waals surface area contributed by atoms with E-state index >= 15 is 0 Å². The lowest BCUT2D eigenvalue weighted by molar-refractivity contribution is -0.0394. The average Bonchev–Trinajstić information content (AvgIpc) is 3.00. The molecule has 20 heavy (non-hydrogen) atoms. The summed E-state index contributed by atoms with van der Waals surface area (Å²) in [5, 5.41) is 5.22. The summed E-state index contributed by atoms with van der Waals surface area (Å²) in [6, 6.07) is 0. The first-order chi connectivity index (χ1) is 9.71. The Morgan fingerprint density at radius 2 is 2.25 bits per heavy atom. The second kappa shape index (κ2) is 3.94. The van der Waals surface area contributed by atoms with Crippen LogP contribution in [0, 0.1) is 0 Å². The highest BCUT2D eigenvalue weighted by atomic mass is 16.7. The van der Waals surface area contributed by atoms with Crippen LogP contribution in [0.4, 0.5) is 5.82 Å². The predicted molar refractivity (Wildman–Crippen MR) is 77.0 cm³/mol. The minimum Gasteiger partial charge on any atom is -0.385 e. The number of aryl methyl sites for hydroxylation is 1. The standard InChI is InChI=1S/C14H17N5O/c1-3-10-5-15-12-11(10)13(17-8-16-12)19-6-14(7-19)4-9(2)18-20-14/h5,8H,3-4,6-7H2,1-2H3,(H,15,16,17). The zero-order valence-corrected chi connectivity index (χ0v) is 11.7. The summed E-state index contributed by atoms with van der Waals surface area (Å²) in [5.74, 6) is 1.01. The Balaban J connectivity index is 1.66. The highest BCUT2D eigenvalue weighted by Crippen LogP contribution is 2.38. The largest absolute Gasteiger partial charge is 0.385 e. The average molecular weight is 271 g/mol. The van der Waals surface area contributed by atoms with Gasteiger partial charge in [-0.15, -0.1) is 0 Å². The van der Waals surface area contributed by atoms with Gasteiger partial charge >= 0.3 is 0 Å². The summed E-state index contributed by atoms with van der Waals surface area (Å²) >= 11 is 0. The number of nitrogens with one attached hydrogen (secondary N) is 1. The molecule has 1 N–H and O–H groups in total. The quantitative estimate of drug-likeness (QED) is 0.905. The molecular formula is C14H17N5O. The number of aromatic nitrogens is 3. The fourth-order valence-corrected chi connectivity index (χ4v) is 3.20. The van der Waals surface area contributed by atoms with Crippen molar-refractivity contribution >= 4 is 22.6 Å². The van der Waals surface area contributed by atoms with Crippen molar-refractivity contribution in [2.24, 2.45) is 5.16 Å². The van der Waals surface area contributed by atoms with E-state index < -0.39 is 0 Å². The molecule has 2 aliphatic rings. The Bertz CT molecular complexity index is 699. The number of aromatic amines is 1. The van der Waals surface area contributed by atoms with Crippen LogP contribution in [-0.4, -0.2) is 39.4 Å². The lowest BCUT2D eigenvalue weighted by atomic mass is 9.89. The van der Waals surface area contributed by atoms with Gasteiger partial charge in [-0.05, 0) is 18.9 Å². The van der Waals surface area contributed by atoms with Gasteiger partial charge in [-0.2, -0.15) is 0 Å². The predicted octanol–water partition coefficient (Wildman–Crippen LogP) is 1.88. The van der Waals surface area contributed by atoms with Crippen LogP contribution in [0.3, 0.4) is 0 Å². The van der Waals surface area contributed by atoms with Crippen molar-refractivity contribution in [1.29, 1.82) is 0 Å². The van der Waals surface area contributed by atoms with Crippen LogP contribution in [-0.2, 0) is 11.3 Å². The van der Waals surface area contributed by atoms with Gasteiger partial charge in [0.1, 0.15) is 17.8 Å². The number of fused-ring (bicyclic) bond motifs is 1. The third-order valence-corrected chi connectivity index (χ3v) is 4.14. The fourth-order valence-electron chi connectivity index (χ4n) is 3.20. The lowest BCUT2D eigenvalue weighted by Gasteiger charge is -2.46. The SMILES string of the molecule is CCc1c[nH]c2ncnc(N3CC4(CC(C)=NO4)C3)c12. The van der Waals surface area contributed by atoms with Crippen molar-refractivity contribution in [2.45, 2.75) is 32.3 Å². The monoisotopic (exact) mass is 271 g/mol. The van der Waals surface area contributed by atoms with Crippen LogP contribution in [0.1, 0.15) is 25.8 Å². The van der Waals surface area contributed by atoms with Crippen LogP contribution in [0.15, 0.2) is 17.7 Å². The molecule has 0 amide bonds. The number of rotatable bonds is 2. The molecule has 4 rings (SSSR count). The number of hydrogen-bond donors (Lipinski definition) is 1. The summed E-state index contributed by atoms with van der Waals surface area (Å²) in [6.07, 6.45) is 5.54. The van der Waals surface area contributed by atoms with Crippen LogP contribution in [0.2, 0.25) is 0 Å². The van der Waals surface area contributed by atoms with E-state index in [0.717, 1.165) is 48.5 Å². The summed E-state index contributed by atoms with van der Waals surface area (Å²) in [4.78, 5) is 19.8. The Labute approximate surface area is 116 Å². The molecule has 0 bridgehead atoms. The molecule has 4 heterocycles. The minimum atomic E-state index is -0.121. The van der Waals surface area contributed by atoms with Crippen LogP contribution in [0.25, 0.3) is 11.0 Å². The molecule has 0 aromatic carbocycles. The molecular weight excluding hydrogens is 254 g/mol. The maximum Gasteiger partial charge on any atom is 0.177 e. The first-order valence-electron chi connectivity index (χ1n) is 6.98. The van der Waals surface area contributed by atoms with Gasteiger partial charge in [-0.25, -0.2) is 9.97 Å². The Morgan fingerprint density at radius 1 is 1.40 bits per heavy atom. The summed E-state index contributed by atoms with van der Waals surface area (Å²) in [5.41, 5.74) is 3.13. The van der Waals surface area contributed by atoms with Gasteiger partial charge in [0.2, 0.25) is 0 Å². The maximum atomic E-state index is 5.59. The second-order valence-electron chi connectivity index (χ2n) is 5.72. The molecule has 1 spiro atoms. The number of nitrogens with zero attached hydrogens (tertiary/aromatic N) is 4. The van der Waals surface area contributed by atoms with E-state index in [2.05, 4.69) is 31.9 Å². The van der Waals surface area contributed by atoms with Gasteiger partial charge in [0.25, 0.3) is 0 Å². The molecule has 6 nitrogen and oxygen atoms in total. The number of hydrogen-bond acceptors (Lipinski definition) is 5. The maximum absolute atomic E-state index is 5.59.